The van der Waals surface area contributed by atoms with Gasteiger partial charge in [0.05, 0.1) is 17.1 Å². The van der Waals surface area contributed by atoms with Crippen LogP contribution in [-0.4, -0.2) is 60.4 Å². The maximum Gasteiger partial charge on any atom is 0.255 e. The van der Waals surface area contributed by atoms with Crippen molar-refractivity contribution in [1.82, 2.24) is 15.1 Å². The molecule has 5 nitrogen and oxygen atoms in total. The lowest BCUT2D eigenvalue weighted by Crippen LogP contribution is -2.51. The average molecular weight is 417 g/mol. The van der Waals surface area contributed by atoms with Crippen molar-refractivity contribution < 1.29 is 9.59 Å². The highest BCUT2D eigenvalue weighted by atomic mass is 79.9. The summed E-state index contributed by atoms with van der Waals surface area (Å²) < 4.78 is 0.829. The third-order valence-electron chi connectivity index (χ3n) is 4.21. The van der Waals surface area contributed by atoms with Gasteiger partial charge in [-0.2, -0.15) is 0 Å². The highest BCUT2D eigenvalue weighted by molar-refractivity contribution is 9.10. The lowest BCUT2D eigenvalue weighted by atomic mass is 10.2. The Labute approximate surface area is 156 Å². The highest BCUT2D eigenvalue weighted by Gasteiger charge is 2.24. The fourth-order valence-electron chi connectivity index (χ4n) is 2.57. The van der Waals surface area contributed by atoms with Crippen molar-refractivity contribution in [1.29, 1.82) is 0 Å². The normalized spacial score (nSPS) is 16.8. The van der Waals surface area contributed by atoms with Gasteiger partial charge in [0, 0.05) is 36.7 Å². The van der Waals surface area contributed by atoms with Crippen LogP contribution in [0, 0.1) is 0 Å². The third-order valence-corrected chi connectivity index (χ3v) is 5.03. The van der Waals surface area contributed by atoms with E-state index in [1.165, 1.54) is 0 Å². The molecule has 1 unspecified atom stereocenters. The molecule has 2 amide bonds. The molecule has 1 aromatic rings. The maximum absolute atomic E-state index is 12.6. The first kappa shape index (κ1) is 19.2. The van der Waals surface area contributed by atoms with E-state index in [4.69, 9.17) is 11.6 Å². The van der Waals surface area contributed by atoms with Gasteiger partial charge in [-0.05, 0) is 31.5 Å². The number of benzene rings is 1. The van der Waals surface area contributed by atoms with E-state index >= 15 is 0 Å². The number of nitrogens with one attached hydrogen (secondary N) is 1. The molecule has 0 aliphatic carbocycles. The first-order chi connectivity index (χ1) is 11.4. The van der Waals surface area contributed by atoms with E-state index in [-0.39, 0.29) is 17.9 Å². The second-order valence-electron chi connectivity index (χ2n) is 6.07. The Morgan fingerprint density at radius 2 is 1.96 bits per heavy atom. The number of piperazine rings is 1. The minimum absolute atomic E-state index is 0.0409. The molecule has 1 aliphatic rings. The summed E-state index contributed by atoms with van der Waals surface area (Å²) in [5, 5.41) is 3.42. The topological polar surface area (TPSA) is 52.7 Å². The smallest absolute Gasteiger partial charge is 0.255 e. The Bertz CT molecular complexity index is 603. The van der Waals surface area contributed by atoms with Crippen molar-refractivity contribution in [3.8, 4) is 0 Å². The summed E-state index contributed by atoms with van der Waals surface area (Å²) in [6.07, 6.45) is 0.918. The van der Waals surface area contributed by atoms with Crippen LogP contribution in [0.15, 0.2) is 22.7 Å². The van der Waals surface area contributed by atoms with Crippen molar-refractivity contribution in [2.75, 3.05) is 32.7 Å². The molecule has 1 fully saturated rings. The summed E-state index contributed by atoms with van der Waals surface area (Å²) in [5.41, 5.74) is 0.508. The summed E-state index contributed by atoms with van der Waals surface area (Å²) in [6, 6.07) is 5.47. The van der Waals surface area contributed by atoms with E-state index in [0.29, 0.717) is 43.3 Å². The summed E-state index contributed by atoms with van der Waals surface area (Å²) in [5.74, 6) is -0.0239. The number of rotatable bonds is 5. The van der Waals surface area contributed by atoms with E-state index < -0.39 is 0 Å². The summed E-state index contributed by atoms with van der Waals surface area (Å²) in [6.45, 7) is 6.98. The zero-order chi connectivity index (χ0) is 17.7. The third kappa shape index (κ3) is 5.19. The molecule has 0 bridgehead atoms. The van der Waals surface area contributed by atoms with Crippen LogP contribution in [0.2, 0.25) is 5.02 Å². The molecule has 1 aliphatic heterocycles. The molecule has 0 radical (unpaired) electrons. The van der Waals surface area contributed by atoms with Crippen LogP contribution >= 0.6 is 27.5 Å². The minimum Gasteiger partial charge on any atom is -0.353 e. The number of carbonyl (C=O) groups excluding carboxylic acids is 2. The number of nitrogens with zero attached hydrogens (tertiary/aromatic N) is 2. The molecule has 1 saturated heterocycles. The fourth-order valence-corrected chi connectivity index (χ4v) is 3.13. The molecule has 1 aromatic carbocycles. The second-order valence-corrected chi connectivity index (χ2v) is 7.39. The van der Waals surface area contributed by atoms with E-state index in [0.717, 1.165) is 10.9 Å². The molecule has 1 heterocycles. The van der Waals surface area contributed by atoms with Gasteiger partial charge in [-0.1, -0.05) is 34.5 Å². The average Bonchev–Trinajstić information content (AvgIpc) is 2.57. The number of amides is 2. The van der Waals surface area contributed by atoms with Gasteiger partial charge in [-0.25, -0.2) is 0 Å². The van der Waals surface area contributed by atoms with Gasteiger partial charge < -0.3 is 10.2 Å². The molecular formula is C17H23BrClN3O2. The molecule has 132 valence electrons. The lowest BCUT2D eigenvalue weighted by molar-refractivity contribution is -0.123. The largest absolute Gasteiger partial charge is 0.353 e. The van der Waals surface area contributed by atoms with Gasteiger partial charge in [0.2, 0.25) is 5.91 Å². The van der Waals surface area contributed by atoms with Crippen molar-refractivity contribution in [2.24, 2.45) is 0 Å². The zero-order valence-corrected chi connectivity index (χ0v) is 16.4. The zero-order valence-electron chi connectivity index (χ0n) is 14.0. The predicted octanol–water partition coefficient (Wildman–Crippen LogP) is 2.78. The summed E-state index contributed by atoms with van der Waals surface area (Å²) in [7, 11) is 0. The van der Waals surface area contributed by atoms with Crippen LogP contribution in [-0.2, 0) is 4.79 Å². The van der Waals surface area contributed by atoms with E-state index in [9.17, 15) is 9.59 Å². The standard InChI is InChI=1S/C17H23BrClN3O2/c1-3-12(2)20-16(23)11-21-6-8-22(9-7-21)17(24)14-10-13(18)4-5-15(14)19/h4-5,10,12H,3,6-9,11H2,1-2H3,(H,20,23). The summed E-state index contributed by atoms with van der Waals surface area (Å²) in [4.78, 5) is 28.4. The van der Waals surface area contributed by atoms with Crippen LogP contribution in [0.25, 0.3) is 0 Å². The van der Waals surface area contributed by atoms with Crippen LogP contribution in [0.3, 0.4) is 0 Å². The highest BCUT2D eigenvalue weighted by Crippen LogP contribution is 2.23. The quantitative estimate of drug-likeness (QED) is 0.803. The van der Waals surface area contributed by atoms with Crippen LogP contribution in [0.4, 0.5) is 0 Å². The molecule has 0 saturated carbocycles. The maximum atomic E-state index is 12.6. The van der Waals surface area contributed by atoms with Gasteiger partial charge in [-0.3, -0.25) is 14.5 Å². The fraction of sp³-hybridized carbons (Fsp3) is 0.529. The molecule has 0 spiro atoms. The number of halogens is 2. The second kappa shape index (κ2) is 8.83. The lowest BCUT2D eigenvalue weighted by Gasteiger charge is -2.34. The molecular weight excluding hydrogens is 394 g/mol. The SMILES string of the molecule is CCC(C)NC(=O)CN1CCN(C(=O)c2cc(Br)ccc2Cl)CC1. The monoisotopic (exact) mass is 415 g/mol. The van der Waals surface area contributed by atoms with E-state index in [1.807, 2.05) is 19.9 Å². The summed E-state index contributed by atoms with van der Waals surface area (Å²) >= 11 is 9.51. The van der Waals surface area contributed by atoms with Crippen LogP contribution < -0.4 is 5.32 Å². The van der Waals surface area contributed by atoms with Gasteiger partial charge >= 0.3 is 0 Å². The van der Waals surface area contributed by atoms with E-state index in [2.05, 4.69) is 26.1 Å². The van der Waals surface area contributed by atoms with Crippen LogP contribution in [0.5, 0.6) is 0 Å². The van der Waals surface area contributed by atoms with Gasteiger partial charge in [0.15, 0.2) is 0 Å². The van der Waals surface area contributed by atoms with E-state index in [1.54, 1.807) is 17.0 Å². The van der Waals surface area contributed by atoms with Gasteiger partial charge in [-0.15, -0.1) is 0 Å². The Kier molecular flexibility index (Phi) is 7.07. The molecule has 7 heteroatoms. The molecule has 24 heavy (non-hydrogen) atoms. The van der Waals surface area contributed by atoms with Crippen molar-refractivity contribution in [3.05, 3.63) is 33.3 Å². The minimum atomic E-state index is -0.0648. The molecule has 1 atom stereocenters. The van der Waals surface area contributed by atoms with Crippen molar-refractivity contribution >= 4 is 39.3 Å². The Balaban J connectivity index is 1.87. The Morgan fingerprint density at radius 3 is 2.58 bits per heavy atom. The molecule has 2 rings (SSSR count). The number of hydrogen-bond acceptors (Lipinski definition) is 3. The number of hydrogen-bond donors (Lipinski definition) is 1. The van der Waals surface area contributed by atoms with Crippen molar-refractivity contribution in [3.63, 3.8) is 0 Å². The number of carbonyl (C=O) groups is 2. The van der Waals surface area contributed by atoms with Crippen LogP contribution in [0.1, 0.15) is 30.6 Å². The van der Waals surface area contributed by atoms with Crippen molar-refractivity contribution in [2.45, 2.75) is 26.3 Å². The first-order valence-electron chi connectivity index (χ1n) is 8.16. The first-order valence-corrected chi connectivity index (χ1v) is 9.33. The van der Waals surface area contributed by atoms with Gasteiger partial charge in [0.25, 0.3) is 5.91 Å². The predicted molar refractivity (Wildman–Crippen MR) is 99.4 cm³/mol. The Morgan fingerprint density at radius 1 is 1.29 bits per heavy atom. The molecule has 0 aromatic heterocycles. The Hall–Kier alpha value is -1.11. The molecule has 1 N–H and O–H groups in total. The van der Waals surface area contributed by atoms with Gasteiger partial charge in [0.1, 0.15) is 0 Å².